The summed E-state index contributed by atoms with van der Waals surface area (Å²) in [6.45, 7) is 7.72. The molecule has 1 aromatic rings. The Bertz CT molecular complexity index is 682. The van der Waals surface area contributed by atoms with E-state index < -0.39 is 0 Å². The Kier molecular flexibility index (Phi) is 8.76. The molecule has 0 unspecified atom stereocenters. The van der Waals surface area contributed by atoms with Crippen molar-refractivity contribution in [3.63, 3.8) is 0 Å². The average molecular weight is 404 g/mol. The van der Waals surface area contributed by atoms with Crippen molar-refractivity contribution in [2.24, 2.45) is 5.92 Å². The van der Waals surface area contributed by atoms with E-state index in [1.54, 1.807) is 29.2 Å². The lowest BCUT2D eigenvalue weighted by atomic mass is 9.96. The molecule has 1 aliphatic heterocycles. The summed E-state index contributed by atoms with van der Waals surface area (Å²) in [6, 6.07) is 6.59. The van der Waals surface area contributed by atoms with Crippen molar-refractivity contribution in [3.05, 3.63) is 24.3 Å². The van der Waals surface area contributed by atoms with Gasteiger partial charge in [-0.05, 0) is 57.4 Å². The Balaban J connectivity index is 1.76. The van der Waals surface area contributed by atoms with Gasteiger partial charge in [0.15, 0.2) is 0 Å². The van der Waals surface area contributed by atoms with Crippen LogP contribution < -0.4 is 21.3 Å². The van der Waals surface area contributed by atoms with Crippen molar-refractivity contribution in [1.29, 1.82) is 0 Å². The van der Waals surface area contributed by atoms with Crippen LogP contribution in [0, 0.1) is 5.92 Å². The van der Waals surface area contributed by atoms with Gasteiger partial charge in [0.05, 0.1) is 0 Å². The number of nitrogens with zero attached hydrogens (tertiary/aromatic N) is 1. The summed E-state index contributed by atoms with van der Waals surface area (Å²) < 4.78 is 0. The topological polar surface area (TPSA) is 103 Å². The maximum Gasteiger partial charge on any atom is 0.321 e. The minimum Gasteiger partial charge on any atom is -0.356 e. The van der Waals surface area contributed by atoms with Crippen molar-refractivity contribution in [1.82, 2.24) is 15.5 Å². The number of rotatable bonds is 7. The highest BCUT2D eigenvalue weighted by Gasteiger charge is 2.27. The summed E-state index contributed by atoms with van der Waals surface area (Å²) in [6.07, 6.45) is 3.41. The molecule has 1 aromatic carbocycles. The minimum absolute atomic E-state index is 0.0155. The van der Waals surface area contributed by atoms with Gasteiger partial charge in [0.1, 0.15) is 0 Å². The highest BCUT2D eigenvalue weighted by molar-refractivity contribution is 5.91. The van der Waals surface area contributed by atoms with E-state index in [0.717, 1.165) is 19.4 Å². The largest absolute Gasteiger partial charge is 0.356 e. The zero-order valence-electron chi connectivity index (χ0n) is 17.6. The van der Waals surface area contributed by atoms with Gasteiger partial charge in [0, 0.05) is 43.0 Å². The van der Waals surface area contributed by atoms with Gasteiger partial charge in [0.25, 0.3) is 0 Å². The molecule has 8 heteroatoms. The quantitative estimate of drug-likeness (QED) is 0.525. The van der Waals surface area contributed by atoms with Gasteiger partial charge in [-0.1, -0.05) is 13.3 Å². The molecule has 1 heterocycles. The molecule has 2 rings (SSSR count). The maximum absolute atomic E-state index is 12.5. The molecule has 8 nitrogen and oxygen atoms in total. The third kappa shape index (κ3) is 7.63. The first-order chi connectivity index (χ1) is 13.9. The van der Waals surface area contributed by atoms with E-state index in [0.29, 0.717) is 37.3 Å². The van der Waals surface area contributed by atoms with Gasteiger partial charge in [0.2, 0.25) is 5.91 Å². The third-order valence-corrected chi connectivity index (χ3v) is 4.80. The molecule has 5 amide bonds. The third-order valence-electron chi connectivity index (χ3n) is 4.80. The number of hydrogen-bond donors (Lipinski definition) is 4. The van der Waals surface area contributed by atoms with Crippen LogP contribution in [-0.4, -0.2) is 48.5 Å². The van der Waals surface area contributed by atoms with Crippen LogP contribution in [0.25, 0.3) is 0 Å². The molecule has 0 atom stereocenters. The second-order valence-corrected chi connectivity index (χ2v) is 7.67. The van der Waals surface area contributed by atoms with E-state index in [4.69, 9.17) is 0 Å². The molecule has 0 aromatic heterocycles. The lowest BCUT2D eigenvalue weighted by Crippen LogP contribution is -2.44. The lowest BCUT2D eigenvalue weighted by molar-refractivity contribution is -0.126. The van der Waals surface area contributed by atoms with Gasteiger partial charge in [-0.25, -0.2) is 9.59 Å². The second-order valence-electron chi connectivity index (χ2n) is 7.67. The number of carbonyl (C=O) groups is 3. The smallest absolute Gasteiger partial charge is 0.321 e. The molecule has 29 heavy (non-hydrogen) atoms. The van der Waals surface area contributed by atoms with E-state index in [-0.39, 0.29) is 29.9 Å². The van der Waals surface area contributed by atoms with Gasteiger partial charge < -0.3 is 26.2 Å². The van der Waals surface area contributed by atoms with E-state index in [1.807, 2.05) is 13.8 Å². The van der Waals surface area contributed by atoms with Crippen molar-refractivity contribution >= 4 is 29.3 Å². The zero-order valence-corrected chi connectivity index (χ0v) is 17.6. The Morgan fingerprint density at radius 2 is 1.62 bits per heavy atom. The van der Waals surface area contributed by atoms with E-state index in [9.17, 15) is 14.4 Å². The van der Waals surface area contributed by atoms with Crippen LogP contribution in [0.15, 0.2) is 24.3 Å². The second kappa shape index (κ2) is 11.3. The first kappa shape index (κ1) is 22.5. The fourth-order valence-electron chi connectivity index (χ4n) is 3.15. The summed E-state index contributed by atoms with van der Waals surface area (Å²) in [7, 11) is 0. The zero-order chi connectivity index (χ0) is 21.2. The van der Waals surface area contributed by atoms with Gasteiger partial charge in [-0.3, -0.25) is 4.79 Å². The molecular formula is C21H33N5O3. The van der Waals surface area contributed by atoms with Crippen molar-refractivity contribution in [2.45, 2.75) is 52.5 Å². The molecule has 0 saturated carbocycles. The summed E-state index contributed by atoms with van der Waals surface area (Å²) >= 11 is 0. The van der Waals surface area contributed by atoms with E-state index in [1.165, 1.54) is 0 Å². The Morgan fingerprint density at radius 1 is 1.03 bits per heavy atom. The van der Waals surface area contributed by atoms with Crippen LogP contribution in [0.1, 0.15) is 46.5 Å². The standard InChI is InChI=1S/C21H33N5O3/c1-4-5-12-22-19(27)16-10-13-26(14-11-16)21(29)25-18-8-6-17(7-9-18)24-20(28)23-15(2)3/h6-9,15-16H,4-5,10-14H2,1-3H3,(H,22,27)(H,25,29)(H2,23,24,28). The van der Waals surface area contributed by atoms with Crippen LogP contribution in [0.5, 0.6) is 0 Å². The van der Waals surface area contributed by atoms with E-state index in [2.05, 4.69) is 28.2 Å². The highest BCUT2D eigenvalue weighted by Crippen LogP contribution is 2.19. The van der Waals surface area contributed by atoms with Gasteiger partial charge >= 0.3 is 12.1 Å². The van der Waals surface area contributed by atoms with Crippen LogP contribution in [0.4, 0.5) is 21.0 Å². The first-order valence-corrected chi connectivity index (χ1v) is 10.4. The summed E-state index contributed by atoms with van der Waals surface area (Å²) in [4.78, 5) is 38.1. The fraction of sp³-hybridized carbons (Fsp3) is 0.571. The van der Waals surface area contributed by atoms with Crippen LogP contribution in [0.3, 0.4) is 0 Å². The van der Waals surface area contributed by atoms with E-state index >= 15 is 0 Å². The Labute approximate surface area is 172 Å². The molecule has 0 radical (unpaired) electrons. The van der Waals surface area contributed by atoms with Crippen molar-refractivity contribution in [3.8, 4) is 0 Å². The number of likely N-dealkylation sites (tertiary alicyclic amines) is 1. The number of hydrogen-bond acceptors (Lipinski definition) is 3. The van der Waals surface area contributed by atoms with Crippen LogP contribution in [-0.2, 0) is 4.79 Å². The maximum atomic E-state index is 12.5. The highest BCUT2D eigenvalue weighted by atomic mass is 16.2. The summed E-state index contributed by atoms with van der Waals surface area (Å²) in [5, 5.41) is 11.3. The predicted molar refractivity (Wildman–Crippen MR) is 115 cm³/mol. The molecular weight excluding hydrogens is 370 g/mol. The number of piperidine rings is 1. The molecule has 0 spiro atoms. The SMILES string of the molecule is CCCCNC(=O)C1CCN(C(=O)Nc2ccc(NC(=O)NC(C)C)cc2)CC1. The monoisotopic (exact) mass is 403 g/mol. The van der Waals surface area contributed by atoms with Gasteiger partial charge in [-0.15, -0.1) is 0 Å². The van der Waals surface area contributed by atoms with Crippen molar-refractivity contribution in [2.75, 3.05) is 30.3 Å². The van der Waals surface area contributed by atoms with Crippen LogP contribution >= 0.6 is 0 Å². The normalized spacial score (nSPS) is 14.4. The van der Waals surface area contributed by atoms with Crippen LogP contribution in [0.2, 0.25) is 0 Å². The average Bonchev–Trinajstić information content (AvgIpc) is 2.69. The van der Waals surface area contributed by atoms with Gasteiger partial charge in [-0.2, -0.15) is 0 Å². The molecule has 0 bridgehead atoms. The number of anilines is 2. The molecule has 4 N–H and O–H groups in total. The Hall–Kier alpha value is -2.77. The predicted octanol–water partition coefficient (Wildman–Crippen LogP) is 3.38. The number of benzene rings is 1. The number of carbonyl (C=O) groups excluding carboxylic acids is 3. The molecule has 1 saturated heterocycles. The Morgan fingerprint density at radius 3 is 2.17 bits per heavy atom. The minimum atomic E-state index is -0.265. The van der Waals surface area contributed by atoms with Crippen molar-refractivity contribution < 1.29 is 14.4 Å². The number of urea groups is 2. The number of amides is 5. The summed E-state index contributed by atoms with van der Waals surface area (Å²) in [5.41, 5.74) is 1.31. The number of unbranched alkanes of at least 4 members (excludes halogenated alkanes) is 1. The first-order valence-electron chi connectivity index (χ1n) is 10.4. The molecule has 160 valence electrons. The summed E-state index contributed by atoms with van der Waals surface area (Å²) in [5.74, 6) is 0.0846. The molecule has 1 aliphatic rings. The lowest BCUT2D eigenvalue weighted by Gasteiger charge is -2.31. The number of nitrogens with one attached hydrogen (secondary N) is 4. The fourth-order valence-corrected chi connectivity index (χ4v) is 3.15. The molecule has 1 fully saturated rings. The molecule has 0 aliphatic carbocycles.